The van der Waals surface area contributed by atoms with Crippen molar-refractivity contribution in [3.8, 4) is 56.0 Å². The summed E-state index contributed by atoms with van der Waals surface area (Å²) >= 11 is 0. The van der Waals surface area contributed by atoms with Crippen LogP contribution < -0.4 is 0 Å². The Morgan fingerprint density at radius 1 is 0.333 bits per heavy atom. The molecule has 0 radical (unpaired) electrons. The smallest absolute Gasteiger partial charge is 0.0786 e. The van der Waals surface area contributed by atoms with Crippen molar-refractivity contribution in [3.05, 3.63) is 188 Å². The summed E-state index contributed by atoms with van der Waals surface area (Å²) in [6, 6.07) is 66.5. The molecule has 0 saturated carbocycles. The summed E-state index contributed by atoms with van der Waals surface area (Å²) in [5.74, 6) is 0. The molecule has 8 aromatic carbocycles. The van der Waals surface area contributed by atoms with E-state index in [1.165, 1.54) is 99.0 Å². The predicted molar refractivity (Wildman–Crippen MR) is 226 cm³/mol. The summed E-state index contributed by atoms with van der Waals surface area (Å²) in [7, 11) is 0. The van der Waals surface area contributed by atoms with Crippen LogP contribution in [0.3, 0.4) is 0 Å². The number of benzene rings is 8. The van der Waals surface area contributed by atoms with Gasteiger partial charge in [0.05, 0.1) is 33.4 Å². The van der Waals surface area contributed by atoms with Crippen molar-refractivity contribution in [1.82, 2.24) is 14.1 Å². The average Bonchev–Trinajstić information content (AvgIpc) is 3.87. The van der Waals surface area contributed by atoms with E-state index in [4.69, 9.17) is 4.98 Å². The molecule has 0 N–H and O–H groups in total. The molecule has 12 rings (SSSR count). The summed E-state index contributed by atoms with van der Waals surface area (Å²) in [6.07, 6.45) is 1.90. The van der Waals surface area contributed by atoms with E-state index in [1.807, 2.05) is 12.3 Å². The first kappa shape index (κ1) is 29.4. The van der Waals surface area contributed by atoms with Gasteiger partial charge in [-0.15, -0.1) is 0 Å². The summed E-state index contributed by atoms with van der Waals surface area (Å²) in [5.41, 5.74) is 16.8. The molecular formula is C51H31N3. The van der Waals surface area contributed by atoms with Gasteiger partial charge in [0.1, 0.15) is 0 Å². The standard InChI is InChI=1S/C51H31N3/c1-2-11-32(12-3-1)33-13-8-14-36(29-33)53-45-20-6-4-15-37(45)43-30-34(22-25-48(43)53)35-23-26-49-44(31-35)38-16-5-7-21-46(38)54(49)47-27-24-42-50-39(17-9-18-41(47)50)40-19-10-28-52-51(40)42/h1-31H. The van der Waals surface area contributed by atoms with Crippen LogP contribution in [0.5, 0.6) is 0 Å². The van der Waals surface area contributed by atoms with Gasteiger partial charge < -0.3 is 9.13 Å². The minimum Gasteiger partial charge on any atom is -0.309 e. The monoisotopic (exact) mass is 685 g/mol. The number of hydrogen-bond acceptors (Lipinski definition) is 1. The van der Waals surface area contributed by atoms with Crippen LogP contribution >= 0.6 is 0 Å². The van der Waals surface area contributed by atoms with Gasteiger partial charge in [-0.1, -0.05) is 121 Å². The Balaban J connectivity index is 1.03. The maximum atomic E-state index is 4.79. The van der Waals surface area contributed by atoms with E-state index in [2.05, 4.69) is 185 Å². The molecule has 0 atom stereocenters. The van der Waals surface area contributed by atoms with Gasteiger partial charge in [0.15, 0.2) is 0 Å². The molecule has 0 saturated heterocycles. The fourth-order valence-electron chi connectivity index (χ4n) is 9.14. The van der Waals surface area contributed by atoms with Gasteiger partial charge in [0.2, 0.25) is 0 Å². The lowest BCUT2D eigenvalue weighted by molar-refractivity contribution is 1.18. The minimum atomic E-state index is 1.07. The molecule has 3 aromatic heterocycles. The molecule has 0 unspecified atom stereocenters. The van der Waals surface area contributed by atoms with Crippen LogP contribution in [-0.2, 0) is 0 Å². The maximum Gasteiger partial charge on any atom is 0.0786 e. The van der Waals surface area contributed by atoms with Crippen molar-refractivity contribution < 1.29 is 0 Å². The lowest BCUT2D eigenvalue weighted by atomic mass is 10.0. The summed E-state index contributed by atoms with van der Waals surface area (Å²) in [5, 5.41) is 7.52. The molecule has 250 valence electrons. The lowest BCUT2D eigenvalue weighted by Crippen LogP contribution is -1.96. The highest BCUT2D eigenvalue weighted by molar-refractivity contribution is 6.18. The number of rotatable bonds is 4. The minimum absolute atomic E-state index is 1.07. The Hall–Kier alpha value is -7.23. The Morgan fingerprint density at radius 2 is 0.926 bits per heavy atom. The summed E-state index contributed by atoms with van der Waals surface area (Å²) in [6.45, 7) is 0. The Kier molecular flexibility index (Phi) is 6.05. The second-order valence-corrected chi connectivity index (χ2v) is 14.3. The van der Waals surface area contributed by atoms with Crippen molar-refractivity contribution in [2.45, 2.75) is 0 Å². The van der Waals surface area contributed by atoms with Gasteiger partial charge in [0, 0.05) is 55.3 Å². The maximum absolute atomic E-state index is 4.79. The Bertz CT molecular complexity index is 3300. The Morgan fingerprint density at radius 3 is 1.70 bits per heavy atom. The number of pyridine rings is 1. The second-order valence-electron chi connectivity index (χ2n) is 14.3. The van der Waals surface area contributed by atoms with Crippen molar-refractivity contribution >= 4 is 54.4 Å². The number of fused-ring (bicyclic) bond motifs is 9. The van der Waals surface area contributed by atoms with Crippen LogP contribution in [0.25, 0.3) is 110 Å². The van der Waals surface area contributed by atoms with Crippen molar-refractivity contribution in [1.29, 1.82) is 0 Å². The van der Waals surface area contributed by atoms with E-state index in [-0.39, 0.29) is 0 Å². The molecule has 3 nitrogen and oxygen atoms in total. The van der Waals surface area contributed by atoms with E-state index < -0.39 is 0 Å². The predicted octanol–water partition coefficient (Wildman–Crippen LogP) is 13.4. The van der Waals surface area contributed by atoms with Crippen LogP contribution in [0, 0.1) is 0 Å². The zero-order valence-electron chi connectivity index (χ0n) is 29.2. The highest BCUT2D eigenvalue weighted by Gasteiger charge is 2.25. The quantitative estimate of drug-likeness (QED) is 0.181. The summed E-state index contributed by atoms with van der Waals surface area (Å²) in [4.78, 5) is 4.79. The molecular weight excluding hydrogens is 655 g/mol. The highest BCUT2D eigenvalue weighted by Crippen LogP contribution is 2.48. The van der Waals surface area contributed by atoms with Gasteiger partial charge in [-0.2, -0.15) is 0 Å². The van der Waals surface area contributed by atoms with Crippen LogP contribution in [0.1, 0.15) is 0 Å². The fourth-order valence-corrected chi connectivity index (χ4v) is 9.14. The third-order valence-corrected chi connectivity index (χ3v) is 11.5. The van der Waals surface area contributed by atoms with E-state index >= 15 is 0 Å². The number of hydrogen-bond donors (Lipinski definition) is 0. The van der Waals surface area contributed by atoms with Gasteiger partial charge in [-0.25, -0.2) is 0 Å². The molecule has 3 heterocycles. The SMILES string of the molecule is c1ccc(-c2cccc(-n3c4ccccc4c4cc(-c5ccc6c(c5)c5ccccc5n6-c5ccc6c7c(cccc57)-c5cccnc5-6)ccc43)c2)cc1. The Labute approximate surface area is 311 Å². The zero-order valence-corrected chi connectivity index (χ0v) is 29.2. The highest BCUT2D eigenvalue weighted by atomic mass is 15.0. The van der Waals surface area contributed by atoms with E-state index in [0.29, 0.717) is 0 Å². The molecule has 54 heavy (non-hydrogen) atoms. The topological polar surface area (TPSA) is 22.8 Å². The largest absolute Gasteiger partial charge is 0.309 e. The van der Waals surface area contributed by atoms with Gasteiger partial charge in [-0.05, 0) is 88.5 Å². The van der Waals surface area contributed by atoms with Crippen LogP contribution in [0.2, 0.25) is 0 Å². The molecule has 0 spiro atoms. The summed E-state index contributed by atoms with van der Waals surface area (Å²) < 4.78 is 4.86. The normalized spacial score (nSPS) is 12.1. The number of aromatic nitrogens is 3. The average molecular weight is 686 g/mol. The molecule has 3 heteroatoms. The van der Waals surface area contributed by atoms with Crippen LogP contribution in [-0.4, -0.2) is 14.1 Å². The van der Waals surface area contributed by atoms with Gasteiger partial charge >= 0.3 is 0 Å². The zero-order chi connectivity index (χ0) is 35.3. The molecule has 0 aliphatic heterocycles. The number of para-hydroxylation sites is 2. The van der Waals surface area contributed by atoms with Crippen LogP contribution in [0.4, 0.5) is 0 Å². The third-order valence-electron chi connectivity index (χ3n) is 11.5. The first-order valence-corrected chi connectivity index (χ1v) is 18.5. The first-order valence-electron chi connectivity index (χ1n) is 18.5. The van der Waals surface area contributed by atoms with E-state index in [0.717, 1.165) is 11.4 Å². The van der Waals surface area contributed by atoms with Crippen LogP contribution in [0.15, 0.2) is 188 Å². The number of nitrogens with zero attached hydrogens (tertiary/aromatic N) is 3. The van der Waals surface area contributed by atoms with Gasteiger partial charge in [-0.3, -0.25) is 4.98 Å². The molecule has 1 aliphatic rings. The fraction of sp³-hybridized carbons (Fsp3) is 0. The van der Waals surface area contributed by atoms with Crippen molar-refractivity contribution in [3.63, 3.8) is 0 Å². The molecule has 11 aromatic rings. The van der Waals surface area contributed by atoms with E-state index in [9.17, 15) is 0 Å². The molecule has 0 bridgehead atoms. The lowest BCUT2D eigenvalue weighted by Gasteiger charge is -2.13. The van der Waals surface area contributed by atoms with Crippen molar-refractivity contribution in [2.75, 3.05) is 0 Å². The first-order chi connectivity index (χ1) is 26.8. The molecule has 1 aliphatic carbocycles. The third kappa shape index (κ3) is 4.09. The van der Waals surface area contributed by atoms with E-state index in [1.54, 1.807) is 0 Å². The molecule has 0 amide bonds. The van der Waals surface area contributed by atoms with Gasteiger partial charge in [0.25, 0.3) is 0 Å². The van der Waals surface area contributed by atoms with Crippen molar-refractivity contribution in [2.24, 2.45) is 0 Å². The molecule has 0 fully saturated rings. The second kappa shape index (κ2) is 11.1.